The maximum Gasteiger partial charge on any atom is 0.145 e. The average molecular weight is 946 g/mol. The molecule has 0 unspecified atom stereocenters. The summed E-state index contributed by atoms with van der Waals surface area (Å²) in [6, 6.07) is 92.7. The van der Waals surface area contributed by atoms with Crippen molar-refractivity contribution >= 4 is 65.8 Å². The molecule has 11 aromatic carbocycles. The number of aromatic nitrogens is 5. The van der Waals surface area contributed by atoms with Crippen LogP contribution in [0.1, 0.15) is 0 Å². The van der Waals surface area contributed by atoms with Crippen molar-refractivity contribution in [3.63, 3.8) is 0 Å². The minimum Gasteiger partial charge on any atom is -0.456 e. The van der Waals surface area contributed by atoms with Crippen LogP contribution in [0.25, 0.3) is 139 Å². The minimum absolute atomic E-state index is 0.841. The van der Waals surface area contributed by atoms with Gasteiger partial charge >= 0.3 is 0 Å². The van der Waals surface area contributed by atoms with E-state index < -0.39 is 0 Å². The number of benzene rings is 11. The number of hydrogen-bond donors (Lipinski definition) is 0. The Balaban J connectivity index is 0.831. The molecule has 346 valence electrons. The van der Waals surface area contributed by atoms with Gasteiger partial charge in [-0.1, -0.05) is 146 Å². The summed E-state index contributed by atoms with van der Waals surface area (Å²) < 4.78 is 13.4. The quantitative estimate of drug-likeness (QED) is 0.152. The van der Waals surface area contributed by atoms with E-state index in [2.05, 4.69) is 275 Å². The van der Waals surface area contributed by atoms with Crippen LogP contribution >= 0.6 is 0 Å². The third kappa shape index (κ3) is 6.80. The van der Waals surface area contributed by atoms with Crippen LogP contribution in [0.15, 0.2) is 265 Å². The molecular weight excluding hydrogens is 903 g/mol. The fourth-order valence-electron chi connectivity index (χ4n) is 11.2. The van der Waals surface area contributed by atoms with E-state index in [4.69, 9.17) is 14.4 Å². The number of fused-ring (bicyclic) bond motifs is 8. The van der Waals surface area contributed by atoms with Gasteiger partial charge in [0.05, 0.1) is 33.1 Å². The SMILES string of the molecule is c1ccc(-n2c(-c3cc(-c4ccc5oc6ccc(-c7ccc(-c8ccc(-n9c%10ccccc%10c%10ccccc%109)cc8)cc7)cc6c5c4)cc(-c4nc5ccccc5n4-c4ccccc4)c3)nc3ccccc32)cc1. The van der Waals surface area contributed by atoms with Crippen LogP contribution < -0.4 is 0 Å². The first-order valence-electron chi connectivity index (χ1n) is 25.0. The highest BCUT2D eigenvalue weighted by Gasteiger charge is 2.21. The van der Waals surface area contributed by atoms with Gasteiger partial charge in [0.25, 0.3) is 0 Å². The maximum atomic E-state index is 6.55. The van der Waals surface area contributed by atoms with Crippen molar-refractivity contribution in [2.75, 3.05) is 0 Å². The normalized spacial score (nSPS) is 11.8. The van der Waals surface area contributed by atoms with Crippen molar-refractivity contribution < 1.29 is 4.42 Å². The molecule has 74 heavy (non-hydrogen) atoms. The first-order chi connectivity index (χ1) is 36.7. The fourth-order valence-corrected chi connectivity index (χ4v) is 11.2. The van der Waals surface area contributed by atoms with E-state index in [1.54, 1.807) is 0 Å². The number of furan rings is 1. The summed E-state index contributed by atoms with van der Waals surface area (Å²) in [4.78, 5) is 10.7. The number of imidazole rings is 2. The summed E-state index contributed by atoms with van der Waals surface area (Å²) in [7, 11) is 0. The summed E-state index contributed by atoms with van der Waals surface area (Å²) >= 11 is 0. The van der Waals surface area contributed by atoms with Crippen LogP contribution in [0, 0.1) is 0 Å². The molecule has 4 heterocycles. The molecule has 0 bridgehead atoms. The lowest BCUT2D eigenvalue weighted by atomic mass is 9.96. The van der Waals surface area contributed by atoms with Crippen LogP contribution in [0.3, 0.4) is 0 Å². The first-order valence-corrected chi connectivity index (χ1v) is 25.0. The highest BCUT2D eigenvalue weighted by Crippen LogP contribution is 2.41. The highest BCUT2D eigenvalue weighted by molar-refractivity contribution is 6.10. The number of para-hydroxylation sites is 8. The van der Waals surface area contributed by atoms with E-state index in [1.165, 1.54) is 32.9 Å². The van der Waals surface area contributed by atoms with Gasteiger partial charge in [0.15, 0.2) is 0 Å². The first kappa shape index (κ1) is 41.7. The second kappa shape index (κ2) is 16.8. The Labute approximate surface area is 425 Å². The third-order valence-electron chi connectivity index (χ3n) is 14.7. The molecule has 0 N–H and O–H groups in total. The lowest BCUT2D eigenvalue weighted by Gasteiger charge is -2.14. The summed E-state index contributed by atoms with van der Waals surface area (Å²) in [5, 5.41) is 4.65. The molecule has 0 aliphatic carbocycles. The zero-order chi connectivity index (χ0) is 48.7. The number of nitrogens with zero attached hydrogens (tertiary/aromatic N) is 5. The Hall–Kier alpha value is -10.0. The highest BCUT2D eigenvalue weighted by atomic mass is 16.3. The molecule has 6 nitrogen and oxygen atoms in total. The van der Waals surface area contributed by atoms with E-state index in [9.17, 15) is 0 Å². The number of hydrogen-bond acceptors (Lipinski definition) is 3. The summed E-state index contributed by atoms with van der Waals surface area (Å²) in [5.41, 5.74) is 20.0. The van der Waals surface area contributed by atoms with Gasteiger partial charge in [-0.05, 0) is 149 Å². The van der Waals surface area contributed by atoms with E-state index in [0.29, 0.717) is 0 Å². The van der Waals surface area contributed by atoms with Crippen LogP contribution in [0.4, 0.5) is 0 Å². The lowest BCUT2D eigenvalue weighted by molar-refractivity contribution is 0.669. The summed E-state index contributed by atoms with van der Waals surface area (Å²) in [6.45, 7) is 0. The Morgan fingerprint density at radius 2 is 0.608 bits per heavy atom. The standard InChI is InChI=1S/C68H43N5O/c1-3-15-52(16-4-1)72-63-25-13-9-21-59(63)69-67(72)50-39-49(40-51(41-50)68-70-60-22-10-14-26-64(60)73(68)53-17-5-2-6-18-53)48-34-38-66-58(43-48)57-42-47(33-37-65(57)74-66)46-29-27-44(28-30-46)45-31-35-54(36-32-45)71-61-23-11-7-19-55(61)56-20-8-12-24-62(56)71/h1-43H. The van der Waals surface area contributed by atoms with Crippen molar-refractivity contribution in [1.29, 1.82) is 0 Å². The Bertz CT molecular complexity index is 4450. The molecule has 0 radical (unpaired) electrons. The van der Waals surface area contributed by atoms with Crippen molar-refractivity contribution in [1.82, 2.24) is 23.7 Å². The van der Waals surface area contributed by atoms with Gasteiger partial charge in [-0.15, -0.1) is 0 Å². The third-order valence-corrected chi connectivity index (χ3v) is 14.7. The maximum absolute atomic E-state index is 6.55. The van der Waals surface area contributed by atoms with Gasteiger partial charge in [-0.2, -0.15) is 0 Å². The van der Waals surface area contributed by atoms with Gasteiger partial charge in [0, 0.05) is 49.7 Å². The Morgan fingerprint density at radius 1 is 0.243 bits per heavy atom. The molecule has 0 spiro atoms. The van der Waals surface area contributed by atoms with Crippen LogP contribution in [0.5, 0.6) is 0 Å². The second-order valence-corrected chi connectivity index (χ2v) is 19.0. The topological polar surface area (TPSA) is 53.7 Å². The Kier molecular flexibility index (Phi) is 9.47. The molecule has 0 saturated carbocycles. The van der Waals surface area contributed by atoms with Crippen molar-refractivity contribution in [3.8, 4) is 73.2 Å². The predicted octanol–water partition coefficient (Wildman–Crippen LogP) is 17.7. The van der Waals surface area contributed by atoms with Crippen LogP contribution in [-0.4, -0.2) is 23.7 Å². The van der Waals surface area contributed by atoms with Gasteiger partial charge < -0.3 is 8.98 Å². The van der Waals surface area contributed by atoms with E-state index in [-0.39, 0.29) is 0 Å². The molecule has 0 aliphatic heterocycles. The van der Waals surface area contributed by atoms with E-state index >= 15 is 0 Å². The van der Waals surface area contributed by atoms with Gasteiger partial charge in [0.1, 0.15) is 22.8 Å². The van der Waals surface area contributed by atoms with Crippen LogP contribution in [-0.2, 0) is 0 Å². The zero-order valence-electron chi connectivity index (χ0n) is 40.0. The summed E-state index contributed by atoms with van der Waals surface area (Å²) in [5.74, 6) is 1.70. The van der Waals surface area contributed by atoms with Crippen LogP contribution in [0.2, 0.25) is 0 Å². The molecule has 0 atom stereocenters. The Morgan fingerprint density at radius 3 is 1.11 bits per heavy atom. The monoisotopic (exact) mass is 945 g/mol. The molecular formula is C68H43N5O. The van der Waals surface area contributed by atoms with Crippen molar-refractivity contribution in [3.05, 3.63) is 261 Å². The molecule has 0 fully saturated rings. The van der Waals surface area contributed by atoms with E-state index in [1.807, 2.05) is 0 Å². The minimum atomic E-state index is 0.841. The van der Waals surface area contributed by atoms with Gasteiger partial charge in [0.2, 0.25) is 0 Å². The number of rotatable bonds is 8. The smallest absolute Gasteiger partial charge is 0.145 e. The molecule has 15 aromatic rings. The van der Waals surface area contributed by atoms with E-state index in [0.717, 1.165) is 106 Å². The average Bonchev–Trinajstić information content (AvgIpc) is 4.26. The molecule has 0 aliphatic rings. The zero-order valence-corrected chi connectivity index (χ0v) is 40.0. The largest absolute Gasteiger partial charge is 0.456 e. The van der Waals surface area contributed by atoms with Gasteiger partial charge in [-0.25, -0.2) is 9.97 Å². The molecule has 0 saturated heterocycles. The lowest BCUT2D eigenvalue weighted by Crippen LogP contribution is -2.00. The van der Waals surface area contributed by atoms with Crippen molar-refractivity contribution in [2.45, 2.75) is 0 Å². The fraction of sp³-hybridized carbons (Fsp3) is 0. The summed E-state index contributed by atoms with van der Waals surface area (Å²) in [6.07, 6.45) is 0. The molecule has 6 heteroatoms. The molecule has 15 rings (SSSR count). The van der Waals surface area contributed by atoms with Crippen molar-refractivity contribution in [2.24, 2.45) is 0 Å². The predicted molar refractivity (Wildman–Crippen MR) is 304 cm³/mol. The molecule has 0 amide bonds. The molecule has 4 aromatic heterocycles. The second-order valence-electron chi connectivity index (χ2n) is 19.0. The van der Waals surface area contributed by atoms with Gasteiger partial charge in [-0.3, -0.25) is 9.13 Å².